The third-order valence-electron chi connectivity index (χ3n) is 5.10. The molecule has 3 heterocycles. The maximum atomic E-state index is 14.0. The van der Waals surface area contributed by atoms with Gasteiger partial charge in [-0.1, -0.05) is 18.2 Å². The molecule has 1 N–H and O–H groups in total. The molecule has 3 aromatic rings. The summed E-state index contributed by atoms with van der Waals surface area (Å²) in [7, 11) is 0. The Kier molecular flexibility index (Phi) is 6.66. The van der Waals surface area contributed by atoms with Crippen molar-refractivity contribution in [2.75, 3.05) is 37.6 Å². The summed E-state index contributed by atoms with van der Waals surface area (Å²) < 4.78 is 14.0. The molecule has 0 atom stereocenters. The zero-order valence-corrected chi connectivity index (χ0v) is 17.4. The first-order valence-corrected chi connectivity index (χ1v) is 10.9. The van der Waals surface area contributed by atoms with E-state index < -0.39 is 0 Å². The third-order valence-corrected chi connectivity index (χ3v) is 5.94. The van der Waals surface area contributed by atoms with Crippen LogP contribution >= 0.6 is 11.3 Å². The molecule has 0 aliphatic carbocycles. The van der Waals surface area contributed by atoms with Gasteiger partial charge in [-0.2, -0.15) is 0 Å². The molecule has 1 aromatic carbocycles. The second-order valence-electron chi connectivity index (χ2n) is 7.17. The SMILES string of the molecule is O=C(NCCc1ccccn1)c1csc(CN2CCN(c3ccccc3F)CC2)n1. The Labute approximate surface area is 179 Å². The lowest BCUT2D eigenvalue weighted by atomic mass is 10.2. The number of thiazole rings is 1. The Morgan fingerprint density at radius 1 is 1.10 bits per heavy atom. The zero-order chi connectivity index (χ0) is 20.8. The van der Waals surface area contributed by atoms with E-state index in [1.165, 1.54) is 17.4 Å². The van der Waals surface area contributed by atoms with E-state index in [2.05, 4.69) is 25.1 Å². The number of amides is 1. The van der Waals surface area contributed by atoms with E-state index in [0.717, 1.165) is 36.9 Å². The van der Waals surface area contributed by atoms with Gasteiger partial charge in [0.2, 0.25) is 0 Å². The molecule has 1 saturated heterocycles. The van der Waals surface area contributed by atoms with Crippen molar-refractivity contribution < 1.29 is 9.18 Å². The number of para-hydroxylation sites is 1. The molecule has 1 fully saturated rings. The lowest BCUT2D eigenvalue weighted by Gasteiger charge is -2.35. The molecule has 2 aromatic heterocycles. The molecule has 1 aliphatic rings. The number of hydrogen-bond donors (Lipinski definition) is 1. The number of anilines is 1. The van der Waals surface area contributed by atoms with Crippen molar-refractivity contribution in [3.05, 3.63) is 76.3 Å². The fourth-order valence-electron chi connectivity index (χ4n) is 3.47. The van der Waals surface area contributed by atoms with E-state index in [1.54, 1.807) is 17.6 Å². The van der Waals surface area contributed by atoms with Crippen LogP contribution < -0.4 is 10.2 Å². The first kappa shape index (κ1) is 20.4. The molecule has 1 aliphatic heterocycles. The Bertz CT molecular complexity index is 972. The first-order chi connectivity index (χ1) is 14.7. The summed E-state index contributed by atoms with van der Waals surface area (Å²) in [5.41, 5.74) is 2.07. The van der Waals surface area contributed by atoms with E-state index in [4.69, 9.17) is 0 Å². The summed E-state index contributed by atoms with van der Waals surface area (Å²) in [6.45, 7) is 4.44. The number of piperazine rings is 1. The van der Waals surface area contributed by atoms with Crippen LogP contribution in [-0.4, -0.2) is 53.5 Å². The summed E-state index contributed by atoms with van der Waals surface area (Å²) in [4.78, 5) is 25.4. The van der Waals surface area contributed by atoms with Crippen molar-refractivity contribution in [1.29, 1.82) is 0 Å². The van der Waals surface area contributed by atoms with Crippen molar-refractivity contribution in [3.63, 3.8) is 0 Å². The quantitative estimate of drug-likeness (QED) is 0.631. The largest absolute Gasteiger partial charge is 0.367 e. The molecule has 1 amide bonds. The molecular formula is C22H24FN5OS. The van der Waals surface area contributed by atoms with Gasteiger partial charge in [0.05, 0.1) is 12.2 Å². The molecule has 0 bridgehead atoms. The van der Waals surface area contributed by atoms with Crippen molar-refractivity contribution in [3.8, 4) is 0 Å². The monoisotopic (exact) mass is 425 g/mol. The highest BCUT2D eigenvalue weighted by molar-refractivity contribution is 7.09. The van der Waals surface area contributed by atoms with Crippen LogP contribution in [0, 0.1) is 5.82 Å². The molecule has 6 nitrogen and oxygen atoms in total. The highest BCUT2D eigenvalue weighted by Crippen LogP contribution is 2.21. The topological polar surface area (TPSA) is 61.4 Å². The van der Waals surface area contributed by atoms with Gasteiger partial charge >= 0.3 is 0 Å². The average molecular weight is 426 g/mol. The lowest BCUT2D eigenvalue weighted by Crippen LogP contribution is -2.46. The summed E-state index contributed by atoms with van der Waals surface area (Å²) in [5.74, 6) is -0.331. The highest BCUT2D eigenvalue weighted by atomic mass is 32.1. The second kappa shape index (κ2) is 9.77. The Morgan fingerprint density at radius 2 is 1.90 bits per heavy atom. The second-order valence-corrected chi connectivity index (χ2v) is 8.11. The number of rotatable bonds is 7. The number of carbonyl (C=O) groups excluding carboxylic acids is 1. The maximum Gasteiger partial charge on any atom is 0.270 e. The number of aromatic nitrogens is 2. The Balaban J connectivity index is 1.24. The minimum absolute atomic E-state index is 0.155. The van der Waals surface area contributed by atoms with E-state index in [-0.39, 0.29) is 11.7 Å². The lowest BCUT2D eigenvalue weighted by molar-refractivity contribution is 0.0949. The molecule has 0 saturated carbocycles. The molecule has 30 heavy (non-hydrogen) atoms. The summed E-state index contributed by atoms with van der Waals surface area (Å²) in [6.07, 6.45) is 2.44. The molecule has 156 valence electrons. The van der Waals surface area contributed by atoms with E-state index in [1.807, 2.05) is 30.3 Å². The smallest absolute Gasteiger partial charge is 0.270 e. The minimum atomic E-state index is -0.176. The van der Waals surface area contributed by atoms with Crippen LogP contribution in [0.4, 0.5) is 10.1 Å². The van der Waals surface area contributed by atoms with Crippen LogP contribution in [0.15, 0.2) is 54.0 Å². The van der Waals surface area contributed by atoms with Crippen molar-refractivity contribution in [2.24, 2.45) is 0 Å². The van der Waals surface area contributed by atoms with Crippen molar-refractivity contribution >= 4 is 22.9 Å². The molecule has 4 rings (SSSR count). The Hall–Kier alpha value is -2.84. The summed E-state index contributed by atoms with van der Waals surface area (Å²) in [6, 6.07) is 12.7. The Morgan fingerprint density at radius 3 is 2.67 bits per heavy atom. The van der Waals surface area contributed by atoms with Gasteiger partial charge in [-0.3, -0.25) is 14.7 Å². The summed E-state index contributed by atoms with van der Waals surface area (Å²) in [5, 5.41) is 5.63. The number of benzene rings is 1. The van der Waals surface area contributed by atoms with Crippen LogP contribution in [0.5, 0.6) is 0 Å². The molecule has 0 radical (unpaired) electrons. The highest BCUT2D eigenvalue weighted by Gasteiger charge is 2.20. The van der Waals surface area contributed by atoms with E-state index in [9.17, 15) is 9.18 Å². The first-order valence-electron chi connectivity index (χ1n) is 10.0. The fraction of sp³-hybridized carbons (Fsp3) is 0.318. The number of pyridine rings is 1. The van der Waals surface area contributed by atoms with Gasteiger partial charge in [0.25, 0.3) is 5.91 Å². The van der Waals surface area contributed by atoms with Crippen LogP contribution in [0.1, 0.15) is 21.2 Å². The van der Waals surface area contributed by atoms with Gasteiger partial charge in [0.1, 0.15) is 16.5 Å². The van der Waals surface area contributed by atoms with Gasteiger partial charge in [0, 0.05) is 56.4 Å². The normalized spacial score (nSPS) is 14.6. The van der Waals surface area contributed by atoms with Gasteiger partial charge in [-0.15, -0.1) is 11.3 Å². The van der Waals surface area contributed by atoms with E-state index >= 15 is 0 Å². The van der Waals surface area contributed by atoms with Crippen molar-refractivity contribution in [2.45, 2.75) is 13.0 Å². The van der Waals surface area contributed by atoms with Gasteiger partial charge in [-0.25, -0.2) is 9.37 Å². The number of hydrogen-bond acceptors (Lipinski definition) is 6. The minimum Gasteiger partial charge on any atom is -0.367 e. The zero-order valence-electron chi connectivity index (χ0n) is 16.6. The van der Waals surface area contributed by atoms with Crippen LogP contribution in [0.2, 0.25) is 0 Å². The predicted octanol–water partition coefficient (Wildman–Crippen LogP) is 2.97. The molecule has 0 unspecified atom stereocenters. The third kappa shape index (κ3) is 5.20. The fourth-order valence-corrected chi connectivity index (χ4v) is 4.29. The molecular weight excluding hydrogens is 401 g/mol. The maximum absolute atomic E-state index is 14.0. The number of halogens is 1. The van der Waals surface area contributed by atoms with Gasteiger partial charge in [0.15, 0.2) is 0 Å². The summed E-state index contributed by atoms with van der Waals surface area (Å²) >= 11 is 1.50. The van der Waals surface area contributed by atoms with Crippen LogP contribution in [0.25, 0.3) is 0 Å². The molecule has 0 spiro atoms. The van der Waals surface area contributed by atoms with Crippen LogP contribution in [0.3, 0.4) is 0 Å². The predicted molar refractivity (Wildman–Crippen MR) is 116 cm³/mol. The van der Waals surface area contributed by atoms with Crippen LogP contribution in [-0.2, 0) is 13.0 Å². The number of nitrogens with one attached hydrogen (secondary N) is 1. The van der Waals surface area contributed by atoms with Gasteiger partial charge < -0.3 is 10.2 Å². The molecule has 8 heteroatoms. The standard InChI is InChI=1S/C22H24FN5OS/c23-18-6-1-2-7-20(18)28-13-11-27(12-14-28)15-21-26-19(16-30-21)22(29)25-10-8-17-5-3-4-9-24-17/h1-7,9,16H,8,10-15H2,(H,25,29). The number of nitrogens with zero attached hydrogens (tertiary/aromatic N) is 4. The van der Waals surface area contributed by atoms with Crippen molar-refractivity contribution in [1.82, 2.24) is 20.2 Å². The van der Waals surface area contributed by atoms with E-state index in [0.29, 0.717) is 30.9 Å². The van der Waals surface area contributed by atoms with Gasteiger partial charge in [-0.05, 0) is 24.3 Å². The average Bonchev–Trinajstić information content (AvgIpc) is 3.24. The number of carbonyl (C=O) groups is 1.